The molecule has 5 aliphatic rings. The third-order valence-electron chi connectivity index (χ3n) is 9.81. The monoisotopic (exact) mass is 386 g/mol. The highest BCUT2D eigenvalue weighted by molar-refractivity contribution is 4.88. The van der Waals surface area contributed by atoms with Crippen molar-refractivity contribution >= 4 is 0 Å². The molecule has 0 aromatic carbocycles. The van der Waals surface area contributed by atoms with Crippen molar-refractivity contribution in [3.63, 3.8) is 0 Å². The van der Waals surface area contributed by atoms with Crippen LogP contribution in [0.3, 0.4) is 0 Å². The molecule has 28 heavy (non-hydrogen) atoms. The maximum Gasteiger partial charge on any atom is -0.0357 e. The Morgan fingerprint density at radius 2 is 0.857 bits per heavy atom. The lowest BCUT2D eigenvalue weighted by atomic mass is 9.74. The van der Waals surface area contributed by atoms with Crippen LogP contribution in [-0.4, -0.2) is 0 Å². The van der Waals surface area contributed by atoms with E-state index in [1.807, 2.05) is 0 Å². The van der Waals surface area contributed by atoms with Crippen LogP contribution < -0.4 is 0 Å². The standard InChI is InChI=1S/C16H28.C12H22/c1-2-6-13(7-3-1)12-15-11-10-14-8-4-5-9-16(14)15;1-2-4-7-11-9-6-10-12(11)8-5-3-1/h13-16H,1-12H2;11-12H,1-10H2. The molecule has 162 valence electrons. The van der Waals surface area contributed by atoms with Crippen LogP contribution in [0.15, 0.2) is 0 Å². The summed E-state index contributed by atoms with van der Waals surface area (Å²) < 4.78 is 0. The highest BCUT2D eigenvalue weighted by Crippen LogP contribution is 2.49. The van der Waals surface area contributed by atoms with Crippen molar-refractivity contribution in [2.24, 2.45) is 35.5 Å². The van der Waals surface area contributed by atoms with E-state index < -0.39 is 0 Å². The van der Waals surface area contributed by atoms with Crippen LogP contribution in [0, 0.1) is 35.5 Å². The summed E-state index contributed by atoms with van der Waals surface area (Å²) in [5.74, 6) is 6.87. The molecule has 0 bridgehead atoms. The first-order chi connectivity index (χ1) is 13.9. The molecule has 0 aromatic heterocycles. The van der Waals surface area contributed by atoms with E-state index in [0.29, 0.717) is 0 Å². The second-order valence-electron chi connectivity index (χ2n) is 11.6. The van der Waals surface area contributed by atoms with Gasteiger partial charge >= 0.3 is 0 Å². The Bertz CT molecular complexity index is 406. The summed E-state index contributed by atoms with van der Waals surface area (Å²) in [7, 11) is 0. The van der Waals surface area contributed by atoms with Gasteiger partial charge in [0, 0.05) is 0 Å². The summed E-state index contributed by atoms with van der Waals surface area (Å²) in [6, 6.07) is 0. The first-order valence-corrected chi connectivity index (χ1v) is 13.9. The summed E-state index contributed by atoms with van der Waals surface area (Å²) in [5.41, 5.74) is 0. The van der Waals surface area contributed by atoms with Gasteiger partial charge in [-0.1, -0.05) is 116 Å². The summed E-state index contributed by atoms with van der Waals surface area (Å²) in [4.78, 5) is 0. The SMILES string of the molecule is C1CCC(CC2CCC3CCCCC32)CC1.C1CCCC2CCCC2CCC1. The van der Waals surface area contributed by atoms with Gasteiger partial charge in [-0.15, -0.1) is 0 Å². The number of hydrogen-bond acceptors (Lipinski definition) is 0. The van der Waals surface area contributed by atoms with Crippen LogP contribution in [0.2, 0.25) is 0 Å². The third-order valence-corrected chi connectivity index (χ3v) is 9.81. The van der Waals surface area contributed by atoms with E-state index in [9.17, 15) is 0 Å². The predicted molar refractivity (Wildman–Crippen MR) is 123 cm³/mol. The van der Waals surface area contributed by atoms with Crippen molar-refractivity contribution in [1.82, 2.24) is 0 Å². The van der Waals surface area contributed by atoms with Gasteiger partial charge < -0.3 is 0 Å². The number of fused-ring (bicyclic) bond motifs is 2. The molecule has 0 heterocycles. The lowest BCUT2D eigenvalue weighted by Crippen LogP contribution is -2.21. The quantitative estimate of drug-likeness (QED) is 0.443. The molecule has 5 atom stereocenters. The molecule has 0 aliphatic heterocycles. The van der Waals surface area contributed by atoms with Gasteiger partial charge in [0.25, 0.3) is 0 Å². The fraction of sp³-hybridized carbons (Fsp3) is 1.00. The van der Waals surface area contributed by atoms with E-state index in [1.165, 1.54) is 64.2 Å². The lowest BCUT2D eigenvalue weighted by Gasteiger charge is -2.32. The number of hydrogen-bond donors (Lipinski definition) is 0. The minimum absolute atomic E-state index is 1.12. The van der Waals surface area contributed by atoms with Crippen LogP contribution in [-0.2, 0) is 0 Å². The van der Waals surface area contributed by atoms with Crippen molar-refractivity contribution in [3.05, 3.63) is 0 Å². The molecular formula is C28H50. The lowest BCUT2D eigenvalue weighted by molar-refractivity contribution is 0.188. The first-order valence-electron chi connectivity index (χ1n) is 13.9. The van der Waals surface area contributed by atoms with E-state index in [2.05, 4.69) is 0 Å². The zero-order chi connectivity index (χ0) is 19.0. The average molecular weight is 387 g/mol. The predicted octanol–water partition coefficient (Wildman–Crippen LogP) is 9.32. The highest BCUT2D eigenvalue weighted by atomic mass is 14.4. The van der Waals surface area contributed by atoms with Crippen molar-refractivity contribution in [2.45, 2.75) is 141 Å². The number of rotatable bonds is 2. The second kappa shape index (κ2) is 11.4. The van der Waals surface area contributed by atoms with Crippen molar-refractivity contribution < 1.29 is 0 Å². The molecule has 0 spiro atoms. The fourth-order valence-corrected chi connectivity index (χ4v) is 8.22. The molecule has 0 nitrogen and oxygen atoms in total. The van der Waals surface area contributed by atoms with E-state index in [-0.39, 0.29) is 0 Å². The maximum absolute atomic E-state index is 1.61. The van der Waals surface area contributed by atoms with Gasteiger partial charge in [0.1, 0.15) is 0 Å². The largest absolute Gasteiger partial charge is 0.0533 e. The molecule has 0 aromatic rings. The highest BCUT2D eigenvalue weighted by Gasteiger charge is 2.38. The molecule has 0 saturated heterocycles. The van der Waals surface area contributed by atoms with Gasteiger partial charge in [-0.3, -0.25) is 0 Å². The zero-order valence-corrected chi connectivity index (χ0v) is 19.0. The van der Waals surface area contributed by atoms with Gasteiger partial charge in [-0.25, -0.2) is 0 Å². The minimum atomic E-state index is 1.12. The normalized spacial score (nSPS) is 39.6. The van der Waals surface area contributed by atoms with Gasteiger partial charge in [-0.2, -0.15) is 0 Å². The Labute approximate surface area is 177 Å². The van der Waals surface area contributed by atoms with E-state index in [0.717, 1.165) is 35.5 Å². The Morgan fingerprint density at radius 3 is 1.61 bits per heavy atom. The van der Waals surface area contributed by atoms with Crippen LogP contribution in [0.1, 0.15) is 141 Å². The molecule has 0 radical (unpaired) electrons. The molecule has 5 unspecified atom stereocenters. The van der Waals surface area contributed by atoms with Crippen LogP contribution in [0.5, 0.6) is 0 Å². The minimum Gasteiger partial charge on any atom is -0.0533 e. The molecule has 0 heteroatoms. The van der Waals surface area contributed by atoms with Crippen LogP contribution >= 0.6 is 0 Å². The molecular weight excluding hydrogens is 336 g/mol. The van der Waals surface area contributed by atoms with Crippen molar-refractivity contribution in [1.29, 1.82) is 0 Å². The topological polar surface area (TPSA) is 0 Å². The Balaban J connectivity index is 0.000000143. The van der Waals surface area contributed by atoms with E-state index in [4.69, 9.17) is 0 Å². The average Bonchev–Trinajstić information content (AvgIpc) is 3.37. The van der Waals surface area contributed by atoms with Gasteiger partial charge in [0.2, 0.25) is 0 Å². The first kappa shape index (κ1) is 21.2. The zero-order valence-electron chi connectivity index (χ0n) is 19.0. The fourth-order valence-electron chi connectivity index (χ4n) is 8.22. The van der Waals surface area contributed by atoms with Crippen LogP contribution in [0.4, 0.5) is 0 Å². The van der Waals surface area contributed by atoms with Gasteiger partial charge in [-0.05, 0) is 61.2 Å². The van der Waals surface area contributed by atoms with Crippen molar-refractivity contribution in [3.8, 4) is 0 Å². The summed E-state index contributed by atoms with van der Waals surface area (Å²) in [6.07, 6.45) is 34.1. The summed E-state index contributed by atoms with van der Waals surface area (Å²) >= 11 is 0. The van der Waals surface area contributed by atoms with E-state index in [1.54, 1.807) is 77.0 Å². The molecule has 5 aliphatic carbocycles. The summed E-state index contributed by atoms with van der Waals surface area (Å²) in [6.45, 7) is 0. The third kappa shape index (κ3) is 6.01. The van der Waals surface area contributed by atoms with Gasteiger partial charge in [0.05, 0.1) is 0 Å². The molecule has 0 amide bonds. The molecule has 0 N–H and O–H groups in total. The smallest absolute Gasteiger partial charge is 0.0357 e. The Kier molecular flexibility index (Phi) is 8.65. The summed E-state index contributed by atoms with van der Waals surface area (Å²) in [5, 5.41) is 0. The molecule has 5 fully saturated rings. The van der Waals surface area contributed by atoms with Crippen molar-refractivity contribution in [2.75, 3.05) is 0 Å². The van der Waals surface area contributed by atoms with Crippen LogP contribution in [0.25, 0.3) is 0 Å². The van der Waals surface area contributed by atoms with Gasteiger partial charge in [0.15, 0.2) is 0 Å². The molecule has 5 rings (SSSR count). The Hall–Kier alpha value is 0. The molecule has 5 saturated carbocycles. The second-order valence-corrected chi connectivity index (χ2v) is 11.6. The Morgan fingerprint density at radius 1 is 0.357 bits per heavy atom. The van der Waals surface area contributed by atoms with E-state index >= 15 is 0 Å². The maximum atomic E-state index is 1.61.